The quantitative estimate of drug-likeness (QED) is 0.619. The van der Waals surface area contributed by atoms with Gasteiger partial charge in [-0.1, -0.05) is 13.8 Å². The smallest absolute Gasteiger partial charge is 0.416 e. The zero-order valence-electron chi connectivity index (χ0n) is 16.9. The Morgan fingerprint density at radius 2 is 2.00 bits per heavy atom. The first-order chi connectivity index (χ1) is 14.1. The van der Waals surface area contributed by atoms with Gasteiger partial charge in [0.2, 0.25) is 5.91 Å². The van der Waals surface area contributed by atoms with E-state index in [9.17, 15) is 22.8 Å². The minimum Gasteiger partial charge on any atom is -0.465 e. The van der Waals surface area contributed by atoms with Gasteiger partial charge in [0, 0.05) is 6.54 Å². The van der Waals surface area contributed by atoms with Gasteiger partial charge < -0.3 is 10.1 Å². The van der Waals surface area contributed by atoms with Gasteiger partial charge in [0.05, 0.1) is 36.6 Å². The van der Waals surface area contributed by atoms with E-state index in [1.54, 1.807) is 11.8 Å². The van der Waals surface area contributed by atoms with Gasteiger partial charge in [-0.05, 0) is 31.0 Å². The number of ether oxygens (including phenoxy) is 1. The minimum atomic E-state index is -4.58. The van der Waals surface area contributed by atoms with Crippen LogP contribution in [-0.2, 0) is 20.5 Å². The molecule has 2 rings (SSSR count). The predicted octanol–water partition coefficient (Wildman–Crippen LogP) is 2.75. The molecule has 0 aliphatic carbocycles. The van der Waals surface area contributed by atoms with Crippen LogP contribution in [0.25, 0.3) is 5.69 Å². The Morgan fingerprint density at radius 1 is 1.27 bits per heavy atom. The van der Waals surface area contributed by atoms with Gasteiger partial charge in [0.25, 0.3) is 0 Å². The maximum Gasteiger partial charge on any atom is 0.416 e. The van der Waals surface area contributed by atoms with Crippen molar-refractivity contribution in [1.82, 2.24) is 19.7 Å². The van der Waals surface area contributed by atoms with E-state index < -0.39 is 23.6 Å². The summed E-state index contributed by atoms with van der Waals surface area (Å²) in [7, 11) is 0. The molecule has 1 aromatic heterocycles. The Labute approximate surface area is 172 Å². The van der Waals surface area contributed by atoms with E-state index in [1.165, 1.54) is 23.4 Å². The van der Waals surface area contributed by atoms with Crippen molar-refractivity contribution in [3.63, 3.8) is 0 Å². The molecule has 1 heterocycles. The lowest BCUT2D eigenvalue weighted by Gasteiger charge is -2.23. The first-order valence-electron chi connectivity index (χ1n) is 9.34. The molecule has 8 nitrogen and oxygen atoms in total. The number of benzene rings is 1. The molecule has 11 heteroatoms. The van der Waals surface area contributed by atoms with Crippen molar-refractivity contribution in [1.29, 1.82) is 0 Å². The lowest BCUT2D eigenvalue weighted by atomic mass is 10.1. The fourth-order valence-corrected chi connectivity index (χ4v) is 2.83. The molecule has 1 N–H and O–H groups in total. The van der Waals surface area contributed by atoms with Crippen molar-refractivity contribution in [2.75, 3.05) is 31.6 Å². The number of hydrogen-bond acceptors (Lipinski definition) is 6. The molecule has 0 saturated heterocycles. The van der Waals surface area contributed by atoms with Gasteiger partial charge in [0.1, 0.15) is 12.7 Å². The Morgan fingerprint density at radius 3 is 2.57 bits per heavy atom. The number of carbonyl (C=O) groups excluding carboxylic acids is 2. The van der Waals surface area contributed by atoms with Crippen LogP contribution in [0, 0.1) is 5.92 Å². The van der Waals surface area contributed by atoms with Crippen molar-refractivity contribution >= 4 is 17.6 Å². The summed E-state index contributed by atoms with van der Waals surface area (Å²) >= 11 is 0. The Balaban J connectivity index is 2.23. The zero-order chi connectivity index (χ0) is 22.3. The highest BCUT2D eigenvalue weighted by molar-refractivity contribution is 5.94. The Bertz CT molecular complexity index is 854. The predicted molar refractivity (Wildman–Crippen MR) is 103 cm³/mol. The maximum absolute atomic E-state index is 13.1. The summed E-state index contributed by atoms with van der Waals surface area (Å²) in [6, 6.07) is 2.95. The van der Waals surface area contributed by atoms with Crippen LogP contribution in [0.2, 0.25) is 0 Å². The number of halogens is 3. The summed E-state index contributed by atoms with van der Waals surface area (Å²) in [5.74, 6) is -0.888. The highest BCUT2D eigenvalue weighted by Gasteiger charge is 2.31. The van der Waals surface area contributed by atoms with E-state index in [-0.39, 0.29) is 37.0 Å². The SMILES string of the molecule is CCOC(=O)CN(CC(=O)Nc1cc(C(F)(F)F)ccc1-n1cncn1)CC(C)C. The van der Waals surface area contributed by atoms with Crippen LogP contribution < -0.4 is 5.32 Å². The van der Waals surface area contributed by atoms with E-state index in [0.717, 1.165) is 12.1 Å². The fraction of sp³-hybridized carbons (Fsp3) is 0.474. The van der Waals surface area contributed by atoms with Gasteiger partial charge in [0.15, 0.2) is 0 Å². The first-order valence-corrected chi connectivity index (χ1v) is 9.34. The number of hydrogen-bond donors (Lipinski definition) is 1. The minimum absolute atomic E-state index is 0.0686. The number of nitrogens with one attached hydrogen (secondary N) is 1. The van der Waals surface area contributed by atoms with Crippen molar-refractivity contribution in [2.24, 2.45) is 5.92 Å². The summed E-state index contributed by atoms with van der Waals surface area (Å²) in [4.78, 5) is 29.8. The molecule has 30 heavy (non-hydrogen) atoms. The molecule has 0 aliphatic heterocycles. The molecule has 0 atom stereocenters. The number of aromatic nitrogens is 3. The van der Waals surface area contributed by atoms with E-state index >= 15 is 0 Å². The van der Waals surface area contributed by atoms with Crippen molar-refractivity contribution < 1.29 is 27.5 Å². The number of anilines is 1. The highest BCUT2D eigenvalue weighted by atomic mass is 19.4. The second-order valence-electron chi connectivity index (χ2n) is 6.99. The van der Waals surface area contributed by atoms with E-state index in [1.807, 2.05) is 13.8 Å². The summed E-state index contributed by atoms with van der Waals surface area (Å²) in [6.07, 6.45) is -2.04. The number of amides is 1. The Kier molecular flexibility index (Phi) is 7.93. The van der Waals surface area contributed by atoms with Crippen LogP contribution in [-0.4, -0.2) is 57.8 Å². The number of nitrogens with zero attached hydrogens (tertiary/aromatic N) is 4. The first kappa shape index (κ1) is 23.3. The molecule has 0 bridgehead atoms. The van der Waals surface area contributed by atoms with Crippen molar-refractivity contribution in [2.45, 2.75) is 26.9 Å². The van der Waals surface area contributed by atoms with E-state index in [2.05, 4.69) is 15.4 Å². The van der Waals surface area contributed by atoms with Crippen LogP contribution in [0.15, 0.2) is 30.9 Å². The summed E-state index contributed by atoms with van der Waals surface area (Å²) < 4.78 is 45.6. The molecule has 0 unspecified atom stereocenters. The number of carbonyl (C=O) groups is 2. The van der Waals surface area contributed by atoms with Gasteiger partial charge in [-0.15, -0.1) is 0 Å². The number of rotatable bonds is 9. The highest BCUT2D eigenvalue weighted by Crippen LogP contribution is 2.33. The van der Waals surface area contributed by atoms with Gasteiger partial charge in [-0.2, -0.15) is 18.3 Å². The second kappa shape index (κ2) is 10.2. The van der Waals surface area contributed by atoms with Crippen molar-refractivity contribution in [3.8, 4) is 5.69 Å². The molecule has 2 aromatic rings. The largest absolute Gasteiger partial charge is 0.465 e. The lowest BCUT2D eigenvalue weighted by molar-refractivity contribution is -0.144. The van der Waals surface area contributed by atoms with Gasteiger partial charge >= 0.3 is 12.1 Å². The third kappa shape index (κ3) is 6.83. The molecular weight excluding hydrogens is 403 g/mol. The molecule has 164 valence electrons. The van der Waals surface area contributed by atoms with Gasteiger partial charge in [-0.25, -0.2) is 9.67 Å². The Hall–Kier alpha value is -2.95. The molecule has 0 spiro atoms. The summed E-state index contributed by atoms with van der Waals surface area (Å²) in [5.41, 5.74) is -0.747. The topological polar surface area (TPSA) is 89.4 Å². The van der Waals surface area contributed by atoms with E-state index in [4.69, 9.17) is 4.74 Å². The van der Waals surface area contributed by atoms with Crippen LogP contribution >= 0.6 is 0 Å². The summed E-state index contributed by atoms with van der Waals surface area (Å²) in [6.45, 7) is 5.88. The maximum atomic E-state index is 13.1. The molecular formula is C19H24F3N5O3. The molecule has 0 aliphatic rings. The molecule has 0 radical (unpaired) electrons. The van der Waals surface area contributed by atoms with Gasteiger partial charge in [-0.3, -0.25) is 14.5 Å². The van der Waals surface area contributed by atoms with E-state index in [0.29, 0.717) is 6.54 Å². The average Bonchev–Trinajstić information content (AvgIpc) is 3.14. The monoisotopic (exact) mass is 427 g/mol. The molecule has 0 fully saturated rings. The zero-order valence-corrected chi connectivity index (χ0v) is 16.9. The van der Waals surface area contributed by atoms with Crippen LogP contribution in [0.1, 0.15) is 26.3 Å². The molecule has 1 amide bonds. The number of alkyl halides is 3. The average molecular weight is 427 g/mol. The fourth-order valence-electron chi connectivity index (χ4n) is 2.83. The third-order valence-electron chi connectivity index (χ3n) is 3.91. The molecule has 1 aromatic carbocycles. The second-order valence-corrected chi connectivity index (χ2v) is 6.99. The van der Waals surface area contributed by atoms with Crippen molar-refractivity contribution in [3.05, 3.63) is 36.4 Å². The number of esters is 1. The van der Waals surface area contributed by atoms with Crippen LogP contribution in [0.3, 0.4) is 0 Å². The molecule has 0 saturated carbocycles. The lowest BCUT2D eigenvalue weighted by Crippen LogP contribution is -2.39. The standard InChI is InChI=1S/C19H24F3N5O3/c1-4-30-18(29)10-26(8-13(2)3)9-17(28)25-15-7-14(19(20,21)22)5-6-16(15)27-12-23-11-24-27/h5-7,11-13H,4,8-10H2,1-3H3,(H,25,28). The van der Waals surface area contributed by atoms with Crippen LogP contribution in [0.5, 0.6) is 0 Å². The normalized spacial score (nSPS) is 11.7. The van der Waals surface area contributed by atoms with Crippen LogP contribution in [0.4, 0.5) is 18.9 Å². The summed E-state index contributed by atoms with van der Waals surface area (Å²) in [5, 5.41) is 6.41. The third-order valence-corrected chi connectivity index (χ3v) is 3.91.